The summed E-state index contributed by atoms with van der Waals surface area (Å²) >= 11 is 0. The van der Waals surface area contributed by atoms with E-state index in [1.807, 2.05) is 26.0 Å². The lowest BCUT2D eigenvalue weighted by Gasteiger charge is -2.23. The molecule has 0 unspecified atom stereocenters. The Morgan fingerprint density at radius 1 is 1.26 bits per heavy atom. The zero-order valence-electron chi connectivity index (χ0n) is 12.7. The van der Waals surface area contributed by atoms with Gasteiger partial charge in [-0.15, -0.1) is 0 Å². The highest BCUT2D eigenvalue weighted by atomic mass is 16.5. The lowest BCUT2D eigenvalue weighted by Crippen LogP contribution is -2.28. The summed E-state index contributed by atoms with van der Waals surface area (Å²) in [6, 6.07) is 6.18. The second kappa shape index (κ2) is 6.09. The van der Waals surface area contributed by atoms with Crippen molar-refractivity contribution in [2.75, 3.05) is 14.2 Å². The Hall–Kier alpha value is -1.51. The summed E-state index contributed by atoms with van der Waals surface area (Å²) < 4.78 is 10.3. The van der Waals surface area contributed by atoms with Gasteiger partial charge in [0.25, 0.3) is 0 Å². The maximum absolute atomic E-state index is 11.7. The molecule has 19 heavy (non-hydrogen) atoms. The summed E-state index contributed by atoms with van der Waals surface area (Å²) in [5, 5.41) is 0. The Kier molecular flexibility index (Phi) is 4.98. The summed E-state index contributed by atoms with van der Waals surface area (Å²) in [6.45, 7) is 8.06. The number of carbonyl (C=O) groups is 1. The first-order valence-electron chi connectivity index (χ1n) is 6.57. The SMILES string of the molecule is COC(=O)C(C)(C)Cc1ccc(C(C)C)cc1OC. The third-order valence-corrected chi connectivity index (χ3v) is 3.35. The molecule has 0 saturated carbocycles. The fraction of sp³-hybridized carbons (Fsp3) is 0.562. The van der Waals surface area contributed by atoms with Crippen molar-refractivity contribution in [2.45, 2.75) is 40.0 Å². The van der Waals surface area contributed by atoms with Gasteiger partial charge >= 0.3 is 5.97 Å². The molecule has 0 aromatic heterocycles. The van der Waals surface area contributed by atoms with Gasteiger partial charge in [-0.1, -0.05) is 26.0 Å². The molecule has 0 spiro atoms. The van der Waals surface area contributed by atoms with E-state index in [2.05, 4.69) is 19.9 Å². The predicted octanol–water partition coefficient (Wildman–Crippen LogP) is 3.56. The molecule has 0 aliphatic heterocycles. The van der Waals surface area contributed by atoms with Crippen LogP contribution in [0.3, 0.4) is 0 Å². The van der Waals surface area contributed by atoms with E-state index in [1.165, 1.54) is 12.7 Å². The lowest BCUT2D eigenvalue weighted by molar-refractivity contribution is -0.150. The number of hydrogen-bond donors (Lipinski definition) is 0. The van der Waals surface area contributed by atoms with Gasteiger partial charge in [-0.05, 0) is 43.4 Å². The highest BCUT2D eigenvalue weighted by molar-refractivity contribution is 5.76. The molecule has 0 bridgehead atoms. The van der Waals surface area contributed by atoms with Gasteiger partial charge < -0.3 is 9.47 Å². The van der Waals surface area contributed by atoms with Crippen molar-refractivity contribution in [1.82, 2.24) is 0 Å². The maximum atomic E-state index is 11.7. The Morgan fingerprint density at radius 2 is 1.89 bits per heavy atom. The number of rotatable bonds is 5. The molecule has 0 amide bonds. The highest BCUT2D eigenvalue weighted by Crippen LogP contribution is 2.31. The second-order valence-electron chi connectivity index (χ2n) is 5.78. The molecule has 0 saturated heterocycles. The summed E-state index contributed by atoms with van der Waals surface area (Å²) in [4.78, 5) is 11.7. The van der Waals surface area contributed by atoms with Crippen LogP contribution in [0.2, 0.25) is 0 Å². The first-order valence-corrected chi connectivity index (χ1v) is 6.57. The van der Waals surface area contributed by atoms with E-state index in [1.54, 1.807) is 7.11 Å². The van der Waals surface area contributed by atoms with Gasteiger partial charge in [-0.2, -0.15) is 0 Å². The summed E-state index contributed by atoms with van der Waals surface area (Å²) in [7, 11) is 3.08. The average molecular weight is 264 g/mol. The van der Waals surface area contributed by atoms with Crippen LogP contribution < -0.4 is 4.74 Å². The standard InChI is InChI=1S/C16H24O3/c1-11(2)12-7-8-13(14(9-12)18-5)10-16(3,4)15(17)19-6/h7-9,11H,10H2,1-6H3. The first kappa shape index (κ1) is 15.5. The van der Waals surface area contributed by atoms with Crippen molar-refractivity contribution in [2.24, 2.45) is 5.41 Å². The van der Waals surface area contributed by atoms with E-state index in [0.717, 1.165) is 11.3 Å². The topological polar surface area (TPSA) is 35.5 Å². The van der Waals surface area contributed by atoms with Gasteiger partial charge in [-0.25, -0.2) is 0 Å². The van der Waals surface area contributed by atoms with Crippen molar-refractivity contribution >= 4 is 5.97 Å². The van der Waals surface area contributed by atoms with Crippen LogP contribution in [0.25, 0.3) is 0 Å². The Bertz CT molecular complexity index is 447. The minimum Gasteiger partial charge on any atom is -0.496 e. The maximum Gasteiger partial charge on any atom is 0.311 e. The van der Waals surface area contributed by atoms with Crippen molar-refractivity contribution in [3.8, 4) is 5.75 Å². The van der Waals surface area contributed by atoms with Gasteiger partial charge in [0.15, 0.2) is 0 Å². The average Bonchev–Trinajstić information content (AvgIpc) is 2.37. The number of carbonyl (C=O) groups excluding carboxylic acids is 1. The number of hydrogen-bond acceptors (Lipinski definition) is 3. The third kappa shape index (κ3) is 3.72. The third-order valence-electron chi connectivity index (χ3n) is 3.35. The molecule has 0 heterocycles. The van der Waals surface area contributed by atoms with Gasteiger partial charge in [0, 0.05) is 0 Å². The fourth-order valence-electron chi connectivity index (χ4n) is 2.09. The second-order valence-corrected chi connectivity index (χ2v) is 5.78. The van der Waals surface area contributed by atoms with E-state index in [9.17, 15) is 4.79 Å². The molecular formula is C16H24O3. The van der Waals surface area contributed by atoms with Crippen LogP contribution in [0.5, 0.6) is 5.75 Å². The van der Waals surface area contributed by atoms with Gasteiger partial charge in [0.2, 0.25) is 0 Å². The normalized spacial score (nSPS) is 11.5. The molecule has 1 rings (SSSR count). The van der Waals surface area contributed by atoms with E-state index >= 15 is 0 Å². The highest BCUT2D eigenvalue weighted by Gasteiger charge is 2.30. The molecule has 0 radical (unpaired) electrons. The van der Waals surface area contributed by atoms with Gasteiger partial charge in [0.05, 0.1) is 19.6 Å². The van der Waals surface area contributed by atoms with Crippen LogP contribution in [0.1, 0.15) is 44.7 Å². The number of benzene rings is 1. The van der Waals surface area contributed by atoms with Crippen LogP contribution in [-0.4, -0.2) is 20.2 Å². The lowest BCUT2D eigenvalue weighted by atomic mass is 9.85. The van der Waals surface area contributed by atoms with E-state index in [0.29, 0.717) is 12.3 Å². The van der Waals surface area contributed by atoms with Crippen LogP contribution >= 0.6 is 0 Å². The van der Waals surface area contributed by atoms with Crippen LogP contribution in [0.4, 0.5) is 0 Å². The van der Waals surface area contributed by atoms with Crippen molar-refractivity contribution in [1.29, 1.82) is 0 Å². The summed E-state index contributed by atoms with van der Waals surface area (Å²) in [6.07, 6.45) is 0.598. The molecule has 0 N–H and O–H groups in total. The largest absolute Gasteiger partial charge is 0.496 e. The smallest absolute Gasteiger partial charge is 0.311 e. The van der Waals surface area contributed by atoms with Gasteiger partial charge in [-0.3, -0.25) is 4.79 Å². The number of esters is 1. The van der Waals surface area contributed by atoms with E-state index < -0.39 is 5.41 Å². The van der Waals surface area contributed by atoms with Gasteiger partial charge in [0.1, 0.15) is 5.75 Å². The quantitative estimate of drug-likeness (QED) is 0.763. The number of ether oxygens (including phenoxy) is 2. The summed E-state index contributed by atoms with van der Waals surface area (Å²) in [5.74, 6) is 1.09. The Labute approximate surface area is 115 Å². The van der Waals surface area contributed by atoms with Crippen molar-refractivity contribution < 1.29 is 14.3 Å². The van der Waals surface area contributed by atoms with Crippen LogP contribution in [0, 0.1) is 5.41 Å². The monoisotopic (exact) mass is 264 g/mol. The van der Waals surface area contributed by atoms with E-state index in [-0.39, 0.29) is 5.97 Å². The fourth-order valence-corrected chi connectivity index (χ4v) is 2.09. The van der Waals surface area contributed by atoms with Crippen LogP contribution in [0.15, 0.2) is 18.2 Å². The predicted molar refractivity (Wildman–Crippen MR) is 76.6 cm³/mol. The molecule has 106 valence electrons. The molecular weight excluding hydrogens is 240 g/mol. The first-order chi connectivity index (χ1) is 8.81. The summed E-state index contributed by atoms with van der Waals surface area (Å²) in [5.41, 5.74) is 1.71. The van der Waals surface area contributed by atoms with E-state index in [4.69, 9.17) is 9.47 Å². The minimum absolute atomic E-state index is 0.206. The molecule has 0 aliphatic rings. The molecule has 0 fully saturated rings. The van der Waals surface area contributed by atoms with Crippen LogP contribution in [-0.2, 0) is 16.0 Å². The molecule has 3 heteroatoms. The molecule has 1 aromatic rings. The van der Waals surface area contributed by atoms with Crippen molar-refractivity contribution in [3.63, 3.8) is 0 Å². The zero-order valence-corrected chi connectivity index (χ0v) is 12.7. The van der Waals surface area contributed by atoms with Crippen molar-refractivity contribution in [3.05, 3.63) is 29.3 Å². The molecule has 0 aliphatic carbocycles. The molecule has 1 aromatic carbocycles. The molecule has 3 nitrogen and oxygen atoms in total. The molecule has 0 atom stereocenters. The Balaban J connectivity index is 3.05. The minimum atomic E-state index is -0.554. The zero-order chi connectivity index (χ0) is 14.6. The number of methoxy groups -OCH3 is 2. The Morgan fingerprint density at radius 3 is 2.37 bits per heavy atom.